The first-order chi connectivity index (χ1) is 13.3. The van der Waals surface area contributed by atoms with E-state index < -0.39 is 5.60 Å². The van der Waals surface area contributed by atoms with Gasteiger partial charge in [-0.1, -0.05) is 18.2 Å². The molecule has 0 atom stereocenters. The lowest BCUT2D eigenvalue weighted by Crippen LogP contribution is -2.63. The Bertz CT molecular complexity index is 825. The van der Waals surface area contributed by atoms with Crippen LogP contribution >= 0.6 is 24.0 Å². The number of hydrogen-bond donors (Lipinski definition) is 2. The van der Waals surface area contributed by atoms with Crippen LogP contribution in [0.4, 0.5) is 4.79 Å². The molecule has 1 aliphatic rings. The summed E-state index contributed by atoms with van der Waals surface area (Å²) in [6.45, 7) is 7.41. The van der Waals surface area contributed by atoms with E-state index in [1.165, 1.54) is 0 Å². The number of halogens is 1. The second-order valence-corrected chi connectivity index (χ2v) is 7.78. The Morgan fingerprint density at radius 3 is 2.59 bits per heavy atom. The Hall–Kier alpha value is -2.30. The van der Waals surface area contributed by atoms with Crippen LogP contribution in [0, 0.1) is 0 Å². The Morgan fingerprint density at radius 2 is 1.97 bits per heavy atom. The first kappa shape index (κ1) is 23.0. The van der Waals surface area contributed by atoms with Gasteiger partial charge in [-0.3, -0.25) is 4.99 Å². The normalized spacial score (nSPS) is 14.6. The van der Waals surface area contributed by atoms with Crippen LogP contribution in [0.3, 0.4) is 0 Å². The summed E-state index contributed by atoms with van der Waals surface area (Å²) < 4.78 is 7.21. The third-order valence-electron chi connectivity index (χ3n) is 4.21. The maximum Gasteiger partial charge on any atom is 0.410 e. The van der Waals surface area contributed by atoms with Gasteiger partial charge in [-0.2, -0.15) is 5.10 Å². The number of para-hydroxylation sites is 1. The molecule has 3 rings (SSSR count). The summed E-state index contributed by atoms with van der Waals surface area (Å²) in [5, 5.41) is 11.0. The first-order valence-electron chi connectivity index (χ1n) is 9.38. The number of aromatic nitrogens is 2. The Balaban J connectivity index is 0.00000300. The SMILES string of the molecule is CN=C(NCc1cnn(-c2ccccc2)c1)NC1CN(C(=O)OC(C)(C)C)C1.I. The summed E-state index contributed by atoms with van der Waals surface area (Å²) in [5.74, 6) is 0.696. The largest absolute Gasteiger partial charge is 0.444 e. The number of carbonyl (C=O) groups is 1. The second-order valence-electron chi connectivity index (χ2n) is 7.78. The fraction of sp³-hybridized carbons (Fsp3) is 0.450. The van der Waals surface area contributed by atoms with Crippen LogP contribution in [0.25, 0.3) is 5.69 Å². The molecule has 1 aromatic heterocycles. The molecule has 158 valence electrons. The van der Waals surface area contributed by atoms with Crippen LogP contribution in [0.5, 0.6) is 0 Å². The second kappa shape index (κ2) is 9.95. The van der Waals surface area contributed by atoms with E-state index in [9.17, 15) is 4.79 Å². The van der Waals surface area contributed by atoms with E-state index in [-0.39, 0.29) is 36.1 Å². The third kappa shape index (κ3) is 6.62. The van der Waals surface area contributed by atoms with E-state index in [1.54, 1.807) is 11.9 Å². The number of nitrogens with one attached hydrogen (secondary N) is 2. The van der Waals surface area contributed by atoms with E-state index in [2.05, 4.69) is 20.7 Å². The molecule has 0 bridgehead atoms. The van der Waals surface area contributed by atoms with Crippen LogP contribution in [-0.2, 0) is 11.3 Å². The lowest BCUT2D eigenvalue weighted by atomic mass is 10.1. The molecule has 0 spiro atoms. The summed E-state index contributed by atoms with van der Waals surface area (Å²) in [6, 6.07) is 10.1. The first-order valence-corrected chi connectivity index (χ1v) is 9.38. The molecule has 1 aromatic carbocycles. The molecule has 9 heteroatoms. The maximum atomic E-state index is 12.0. The molecule has 0 saturated carbocycles. The molecule has 2 N–H and O–H groups in total. The minimum absolute atomic E-state index is 0. The highest BCUT2D eigenvalue weighted by Crippen LogP contribution is 2.15. The minimum Gasteiger partial charge on any atom is -0.444 e. The highest BCUT2D eigenvalue weighted by atomic mass is 127. The van der Waals surface area contributed by atoms with Gasteiger partial charge in [0.2, 0.25) is 0 Å². The quantitative estimate of drug-likeness (QED) is 0.374. The Morgan fingerprint density at radius 1 is 1.28 bits per heavy atom. The summed E-state index contributed by atoms with van der Waals surface area (Å²) in [5.41, 5.74) is 1.60. The number of ether oxygens (including phenoxy) is 1. The van der Waals surface area contributed by atoms with E-state index >= 15 is 0 Å². The van der Waals surface area contributed by atoms with Crippen molar-refractivity contribution in [3.05, 3.63) is 48.3 Å². The maximum absolute atomic E-state index is 12.0. The molecule has 1 fully saturated rings. The lowest BCUT2D eigenvalue weighted by Gasteiger charge is -2.40. The van der Waals surface area contributed by atoms with Gasteiger partial charge in [0.1, 0.15) is 5.60 Å². The van der Waals surface area contributed by atoms with Gasteiger partial charge < -0.3 is 20.3 Å². The van der Waals surface area contributed by atoms with Crippen LogP contribution in [-0.4, -0.2) is 58.5 Å². The monoisotopic (exact) mass is 512 g/mol. The number of amides is 1. The zero-order valence-electron chi connectivity index (χ0n) is 17.3. The molecule has 0 radical (unpaired) electrons. The molecule has 2 heterocycles. The number of guanidine groups is 1. The highest BCUT2D eigenvalue weighted by molar-refractivity contribution is 14.0. The van der Waals surface area contributed by atoms with E-state index in [4.69, 9.17) is 4.74 Å². The predicted molar refractivity (Wildman–Crippen MR) is 124 cm³/mol. The van der Waals surface area contributed by atoms with Gasteiger partial charge in [-0.15, -0.1) is 24.0 Å². The topological polar surface area (TPSA) is 83.8 Å². The van der Waals surface area contributed by atoms with Gasteiger partial charge in [0.15, 0.2) is 5.96 Å². The van der Waals surface area contributed by atoms with E-state index in [0.717, 1.165) is 11.3 Å². The molecule has 0 unspecified atom stereocenters. The highest BCUT2D eigenvalue weighted by Gasteiger charge is 2.34. The number of aliphatic imine (C=N–C) groups is 1. The number of rotatable bonds is 4. The lowest BCUT2D eigenvalue weighted by molar-refractivity contribution is 0.00701. The number of benzene rings is 1. The van der Waals surface area contributed by atoms with Crippen molar-refractivity contribution in [2.45, 2.75) is 39.0 Å². The average Bonchev–Trinajstić information content (AvgIpc) is 3.08. The van der Waals surface area contributed by atoms with Crippen molar-refractivity contribution in [1.82, 2.24) is 25.3 Å². The summed E-state index contributed by atoms with van der Waals surface area (Å²) in [7, 11) is 1.73. The Labute approximate surface area is 188 Å². The van der Waals surface area contributed by atoms with Crippen LogP contribution < -0.4 is 10.6 Å². The molecular formula is C20H29IN6O2. The summed E-state index contributed by atoms with van der Waals surface area (Å²) in [6.07, 6.45) is 3.55. The van der Waals surface area contributed by atoms with Crippen LogP contribution in [0.2, 0.25) is 0 Å². The third-order valence-corrected chi connectivity index (χ3v) is 4.21. The summed E-state index contributed by atoms with van der Waals surface area (Å²) >= 11 is 0. The van der Waals surface area contributed by atoms with Gasteiger partial charge >= 0.3 is 6.09 Å². The van der Waals surface area contributed by atoms with Crippen LogP contribution in [0.1, 0.15) is 26.3 Å². The van der Waals surface area contributed by atoms with Gasteiger partial charge in [-0.05, 0) is 32.9 Å². The van der Waals surface area contributed by atoms with E-state index in [1.807, 2.05) is 68.2 Å². The number of hydrogen-bond acceptors (Lipinski definition) is 4. The molecule has 1 aliphatic heterocycles. The molecule has 29 heavy (non-hydrogen) atoms. The van der Waals surface area contributed by atoms with Gasteiger partial charge in [0, 0.05) is 38.4 Å². The zero-order valence-corrected chi connectivity index (χ0v) is 19.6. The van der Waals surface area contributed by atoms with Crippen molar-refractivity contribution in [3.63, 3.8) is 0 Å². The number of carbonyl (C=O) groups excluding carboxylic acids is 1. The Kier molecular flexibility index (Phi) is 7.88. The molecule has 2 aromatic rings. The molecule has 1 saturated heterocycles. The predicted octanol–water partition coefficient (Wildman–Crippen LogP) is 2.77. The number of nitrogens with zero attached hydrogens (tertiary/aromatic N) is 4. The fourth-order valence-corrected chi connectivity index (χ4v) is 2.79. The molecular weight excluding hydrogens is 483 g/mol. The smallest absolute Gasteiger partial charge is 0.410 e. The molecule has 8 nitrogen and oxygen atoms in total. The van der Waals surface area contributed by atoms with Crippen molar-refractivity contribution in [1.29, 1.82) is 0 Å². The van der Waals surface area contributed by atoms with Crippen molar-refractivity contribution >= 4 is 36.0 Å². The van der Waals surface area contributed by atoms with E-state index in [0.29, 0.717) is 25.6 Å². The average molecular weight is 512 g/mol. The minimum atomic E-state index is -0.475. The van der Waals surface area contributed by atoms with Crippen molar-refractivity contribution in [3.8, 4) is 5.69 Å². The van der Waals surface area contributed by atoms with Crippen molar-refractivity contribution < 1.29 is 9.53 Å². The fourth-order valence-electron chi connectivity index (χ4n) is 2.79. The van der Waals surface area contributed by atoms with Crippen LogP contribution in [0.15, 0.2) is 47.7 Å². The molecule has 1 amide bonds. The summed E-state index contributed by atoms with van der Waals surface area (Å²) in [4.78, 5) is 17.9. The van der Waals surface area contributed by atoms with Crippen molar-refractivity contribution in [2.75, 3.05) is 20.1 Å². The zero-order chi connectivity index (χ0) is 20.1. The van der Waals surface area contributed by atoms with Gasteiger partial charge in [0.25, 0.3) is 0 Å². The van der Waals surface area contributed by atoms with Gasteiger partial charge in [0.05, 0.1) is 17.9 Å². The van der Waals surface area contributed by atoms with Crippen molar-refractivity contribution in [2.24, 2.45) is 4.99 Å². The number of likely N-dealkylation sites (tertiary alicyclic amines) is 1. The standard InChI is InChI=1S/C20H28N6O2.HI/c1-20(2,3)28-19(27)25-13-16(14-25)24-18(21-4)22-10-15-11-23-26(12-15)17-8-6-5-7-9-17;/h5-9,11-12,16H,10,13-14H2,1-4H3,(H2,21,22,24);1H. The molecule has 0 aliphatic carbocycles. The van der Waals surface area contributed by atoms with Gasteiger partial charge in [-0.25, -0.2) is 9.48 Å².